The Morgan fingerprint density at radius 1 is 1.07 bits per heavy atom. The number of nitrogens with zero attached hydrogens (tertiary/aromatic N) is 1. The first kappa shape index (κ1) is 18.5. The van der Waals surface area contributed by atoms with Gasteiger partial charge in [0.15, 0.2) is 17.2 Å². The maximum absolute atomic E-state index is 12.7. The molecule has 7 heteroatoms. The highest BCUT2D eigenvalue weighted by atomic mass is 32.1. The van der Waals surface area contributed by atoms with Crippen LogP contribution in [0.4, 0.5) is 5.13 Å². The Kier molecular flexibility index (Phi) is 5.29. The van der Waals surface area contributed by atoms with Crippen LogP contribution in [0.15, 0.2) is 54.6 Å². The van der Waals surface area contributed by atoms with E-state index in [4.69, 9.17) is 9.47 Å². The first-order valence-corrected chi connectivity index (χ1v) is 9.65. The largest absolute Gasteiger partial charge is 0.346 e. The molecule has 0 unspecified atom stereocenters. The highest BCUT2D eigenvalue weighted by Crippen LogP contribution is 2.32. The molecule has 2 heterocycles. The van der Waals surface area contributed by atoms with Crippen LogP contribution < -0.4 is 5.32 Å². The quantitative estimate of drug-likeness (QED) is 0.653. The van der Waals surface area contributed by atoms with Gasteiger partial charge < -0.3 is 9.47 Å². The molecule has 6 nitrogen and oxygen atoms in total. The number of ether oxygens (including phenoxy) is 2. The normalized spacial score (nSPS) is 14.2. The highest BCUT2D eigenvalue weighted by Gasteiger charge is 2.21. The van der Waals surface area contributed by atoms with Gasteiger partial charge in [-0.2, -0.15) is 0 Å². The van der Waals surface area contributed by atoms with E-state index >= 15 is 0 Å². The average Bonchev–Trinajstić information content (AvgIpc) is 3.39. The molecule has 1 saturated heterocycles. The maximum Gasteiger partial charge on any atom is 0.257 e. The maximum atomic E-state index is 12.7. The van der Waals surface area contributed by atoms with Crippen LogP contribution in [-0.2, 0) is 9.47 Å². The summed E-state index contributed by atoms with van der Waals surface area (Å²) in [6, 6.07) is 16.5. The summed E-state index contributed by atoms with van der Waals surface area (Å²) in [5, 5.41) is 3.18. The predicted molar refractivity (Wildman–Crippen MR) is 107 cm³/mol. The van der Waals surface area contributed by atoms with Crippen molar-refractivity contribution in [1.82, 2.24) is 4.98 Å². The minimum atomic E-state index is -0.443. The van der Waals surface area contributed by atoms with E-state index < -0.39 is 6.29 Å². The Hall–Kier alpha value is -2.87. The van der Waals surface area contributed by atoms with Crippen LogP contribution in [0.25, 0.3) is 11.3 Å². The highest BCUT2D eigenvalue weighted by molar-refractivity contribution is 7.18. The fourth-order valence-corrected chi connectivity index (χ4v) is 3.83. The van der Waals surface area contributed by atoms with E-state index in [1.165, 1.54) is 18.3 Å². The van der Waals surface area contributed by atoms with Crippen molar-refractivity contribution >= 4 is 28.2 Å². The van der Waals surface area contributed by atoms with Gasteiger partial charge in [-0.3, -0.25) is 14.9 Å². The van der Waals surface area contributed by atoms with Crippen LogP contribution in [0.3, 0.4) is 0 Å². The van der Waals surface area contributed by atoms with Gasteiger partial charge >= 0.3 is 0 Å². The number of rotatable bonds is 5. The summed E-state index contributed by atoms with van der Waals surface area (Å²) < 4.78 is 11.0. The van der Waals surface area contributed by atoms with Crippen LogP contribution in [0.2, 0.25) is 0 Å². The monoisotopic (exact) mass is 394 g/mol. The summed E-state index contributed by atoms with van der Waals surface area (Å²) in [6.07, 6.45) is -0.443. The number of anilines is 1. The number of aromatic nitrogens is 1. The first-order valence-electron chi connectivity index (χ1n) is 8.83. The molecule has 142 valence electrons. The summed E-state index contributed by atoms with van der Waals surface area (Å²) in [5.74, 6) is -0.391. The molecule has 4 rings (SSSR count). The molecule has 1 amide bonds. The lowest BCUT2D eigenvalue weighted by molar-refractivity contribution is -0.0441. The van der Waals surface area contributed by atoms with Crippen LogP contribution >= 0.6 is 11.3 Å². The van der Waals surface area contributed by atoms with E-state index in [0.717, 1.165) is 11.1 Å². The molecule has 28 heavy (non-hydrogen) atoms. The molecule has 0 atom stereocenters. The lowest BCUT2D eigenvalue weighted by Gasteiger charge is -2.10. The molecule has 1 aliphatic heterocycles. The van der Waals surface area contributed by atoms with Crippen molar-refractivity contribution < 1.29 is 19.1 Å². The molecular formula is C21H18N2O4S. The Morgan fingerprint density at radius 2 is 1.82 bits per heavy atom. The van der Waals surface area contributed by atoms with E-state index in [1.54, 1.807) is 18.2 Å². The van der Waals surface area contributed by atoms with Gasteiger partial charge in [-0.1, -0.05) is 53.8 Å². The van der Waals surface area contributed by atoms with Crippen LogP contribution in [-0.4, -0.2) is 29.9 Å². The third-order valence-electron chi connectivity index (χ3n) is 4.26. The summed E-state index contributed by atoms with van der Waals surface area (Å²) in [5.41, 5.74) is 2.67. The number of hydrogen-bond donors (Lipinski definition) is 1. The van der Waals surface area contributed by atoms with Crippen molar-refractivity contribution in [3.05, 3.63) is 70.6 Å². The Morgan fingerprint density at radius 3 is 2.54 bits per heavy atom. The number of benzene rings is 2. The predicted octanol–water partition coefficient (Wildman–Crippen LogP) is 4.31. The number of nitrogens with one attached hydrogen (secondary N) is 1. The van der Waals surface area contributed by atoms with Gasteiger partial charge in [0.2, 0.25) is 0 Å². The third kappa shape index (κ3) is 3.87. The topological polar surface area (TPSA) is 77.5 Å². The number of carbonyl (C=O) groups excluding carboxylic acids is 2. The third-order valence-corrected chi connectivity index (χ3v) is 5.33. The fourth-order valence-electron chi connectivity index (χ4n) is 2.95. The number of thiazole rings is 1. The fraction of sp³-hybridized carbons (Fsp3) is 0.190. The van der Waals surface area contributed by atoms with Gasteiger partial charge in [-0.25, -0.2) is 4.98 Å². The molecule has 2 aromatic carbocycles. The van der Waals surface area contributed by atoms with Crippen molar-refractivity contribution in [3.63, 3.8) is 0 Å². The molecule has 1 N–H and O–H groups in total. The zero-order chi connectivity index (χ0) is 19.5. The molecule has 1 aliphatic rings. The minimum Gasteiger partial charge on any atom is -0.346 e. The van der Waals surface area contributed by atoms with Crippen molar-refractivity contribution in [2.24, 2.45) is 0 Å². The molecule has 0 radical (unpaired) electrons. The van der Waals surface area contributed by atoms with Crippen LogP contribution in [0.5, 0.6) is 0 Å². The van der Waals surface area contributed by atoms with Gasteiger partial charge in [0.05, 0.1) is 23.8 Å². The minimum absolute atomic E-state index is 0.0885. The van der Waals surface area contributed by atoms with Crippen molar-refractivity contribution in [1.29, 1.82) is 0 Å². The molecule has 3 aromatic rings. The second kappa shape index (κ2) is 8.02. The van der Waals surface area contributed by atoms with E-state index in [9.17, 15) is 9.59 Å². The lowest BCUT2D eigenvalue weighted by atomic mass is 10.1. The van der Waals surface area contributed by atoms with Gasteiger partial charge in [0.1, 0.15) is 0 Å². The first-order chi connectivity index (χ1) is 13.6. The molecule has 1 fully saturated rings. The van der Waals surface area contributed by atoms with E-state index in [0.29, 0.717) is 34.5 Å². The van der Waals surface area contributed by atoms with Crippen molar-refractivity contribution in [3.8, 4) is 11.3 Å². The van der Waals surface area contributed by atoms with Gasteiger partial charge in [0.25, 0.3) is 5.91 Å². The Labute approximate surface area is 166 Å². The van der Waals surface area contributed by atoms with Crippen LogP contribution in [0.1, 0.15) is 38.8 Å². The average molecular weight is 394 g/mol. The van der Waals surface area contributed by atoms with Crippen molar-refractivity contribution in [2.45, 2.75) is 13.2 Å². The van der Waals surface area contributed by atoms with Crippen molar-refractivity contribution in [2.75, 3.05) is 18.5 Å². The Bertz CT molecular complexity index is 1010. The van der Waals surface area contributed by atoms with E-state index in [2.05, 4.69) is 10.3 Å². The van der Waals surface area contributed by atoms with Gasteiger partial charge in [0, 0.05) is 23.6 Å². The number of ketones is 1. The summed E-state index contributed by atoms with van der Waals surface area (Å²) >= 11 is 1.17. The van der Waals surface area contributed by atoms with Gasteiger partial charge in [-0.05, 0) is 12.1 Å². The summed E-state index contributed by atoms with van der Waals surface area (Å²) in [7, 11) is 0. The molecule has 1 aromatic heterocycles. The van der Waals surface area contributed by atoms with Crippen LogP contribution in [0, 0.1) is 0 Å². The summed E-state index contributed by atoms with van der Waals surface area (Å²) in [4.78, 5) is 29.7. The number of amides is 1. The van der Waals surface area contributed by atoms with E-state index in [1.807, 2.05) is 36.4 Å². The smallest absolute Gasteiger partial charge is 0.257 e. The van der Waals surface area contributed by atoms with Gasteiger partial charge in [-0.15, -0.1) is 0 Å². The zero-order valence-corrected chi connectivity index (χ0v) is 16.0. The second-order valence-electron chi connectivity index (χ2n) is 6.27. The molecule has 0 bridgehead atoms. The SMILES string of the molecule is CC(=O)c1sc(NC(=O)c2cccc(C3OCCO3)c2)nc1-c1ccccc1. The number of hydrogen-bond acceptors (Lipinski definition) is 6. The lowest BCUT2D eigenvalue weighted by Crippen LogP contribution is -2.12. The van der Waals surface area contributed by atoms with E-state index in [-0.39, 0.29) is 11.7 Å². The zero-order valence-electron chi connectivity index (χ0n) is 15.2. The molecule has 0 spiro atoms. The number of Topliss-reactive ketones (excluding diaryl/α,β-unsaturated/α-hetero) is 1. The number of carbonyl (C=O) groups is 2. The molecule has 0 aliphatic carbocycles. The molecular weight excluding hydrogens is 376 g/mol. The molecule has 0 saturated carbocycles. The standard InChI is InChI=1S/C21H18N2O4S/c1-13(24)18-17(14-6-3-2-4-7-14)22-21(28-18)23-19(25)15-8-5-9-16(12-15)20-26-10-11-27-20/h2-9,12,20H,10-11H2,1H3,(H,22,23,25). The second-order valence-corrected chi connectivity index (χ2v) is 7.27. The Balaban J connectivity index is 1.58. The summed E-state index contributed by atoms with van der Waals surface area (Å²) in [6.45, 7) is 2.57.